The summed E-state index contributed by atoms with van der Waals surface area (Å²) in [5.41, 5.74) is -5.62. The number of hydrogen-bond donors (Lipinski definition) is 1. The number of sulfonamides is 1. The highest BCUT2D eigenvalue weighted by atomic mass is 32.3. The molecular formula is C6H10F3NO6S2. The van der Waals surface area contributed by atoms with Crippen molar-refractivity contribution in [2.75, 3.05) is 24.9 Å². The minimum Gasteiger partial charge on any atom is -0.375 e. The summed E-state index contributed by atoms with van der Waals surface area (Å²) in [5.74, 6) is 0. The topological polar surface area (TPSA) is 98.8 Å². The lowest BCUT2D eigenvalue weighted by Gasteiger charge is -2.23. The van der Waals surface area contributed by atoms with E-state index in [9.17, 15) is 30.0 Å². The monoisotopic (exact) mass is 313 g/mol. The molecule has 0 saturated carbocycles. The maximum absolute atomic E-state index is 12.0. The highest BCUT2D eigenvalue weighted by Gasteiger charge is 2.48. The van der Waals surface area contributed by atoms with Crippen molar-refractivity contribution in [1.29, 1.82) is 0 Å². The molecule has 0 aromatic heterocycles. The highest BCUT2D eigenvalue weighted by molar-refractivity contribution is 8.07. The van der Waals surface area contributed by atoms with Crippen LogP contribution in [-0.4, -0.2) is 53.5 Å². The zero-order valence-corrected chi connectivity index (χ0v) is 10.4. The van der Waals surface area contributed by atoms with E-state index < -0.39 is 36.7 Å². The van der Waals surface area contributed by atoms with Gasteiger partial charge in [0.2, 0.25) is 10.0 Å². The molecule has 1 aliphatic heterocycles. The van der Waals surface area contributed by atoms with E-state index in [0.717, 1.165) is 0 Å². The van der Waals surface area contributed by atoms with Crippen LogP contribution in [0.3, 0.4) is 0 Å². The van der Waals surface area contributed by atoms with Crippen LogP contribution in [0.4, 0.5) is 13.2 Å². The summed E-state index contributed by atoms with van der Waals surface area (Å²) in [6.07, 6.45) is -1.19. The van der Waals surface area contributed by atoms with Gasteiger partial charge in [0.25, 0.3) is 9.84 Å². The fourth-order valence-electron chi connectivity index (χ4n) is 1.06. The van der Waals surface area contributed by atoms with Gasteiger partial charge in [-0.05, 0) is 0 Å². The van der Waals surface area contributed by atoms with Crippen LogP contribution in [0.15, 0.2) is 0 Å². The van der Waals surface area contributed by atoms with Gasteiger partial charge in [-0.3, -0.25) is 0 Å². The molecule has 1 N–H and O–H groups in total. The van der Waals surface area contributed by atoms with Gasteiger partial charge in [0, 0.05) is 0 Å². The van der Waals surface area contributed by atoms with E-state index in [4.69, 9.17) is 9.47 Å². The molecule has 0 radical (unpaired) electrons. The largest absolute Gasteiger partial charge is 0.498 e. The zero-order valence-electron chi connectivity index (χ0n) is 8.81. The number of rotatable bonds is 4. The highest BCUT2D eigenvalue weighted by Crippen LogP contribution is 2.24. The SMILES string of the molecule is O=S(=O)(CS(=O)(=O)C(F)(F)F)NC1COCCO1. The normalized spacial score (nSPS) is 22.9. The Labute approximate surface area is 101 Å². The van der Waals surface area contributed by atoms with Gasteiger partial charge in [-0.1, -0.05) is 0 Å². The van der Waals surface area contributed by atoms with Crippen molar-refractivity contribution >= 4 is 19.9 Å². The summed E-state index contributed by atoms with van der Waals surface area (Å²) >= 11 is 0. The summed E-state index contributed by atoms with van der Waals surface area (Å²) in [6, 6.07) is 0. The molecule has 0 aromatic rings. The van der Waals surface area contributed by atoms with Crippen molar-refractivity contribution in [2.24, 2.45) is 0 Å². The molecule has 1 unspecified atom stereocenters. The van der Waals surface area contributed by atoms with Crippen molar-refractivity contribution in [3.05, 3.63) is 0 Å². The number of hydrogen-bond acceptors (Lipinski definition) is 6. The number of ether oxygens (including phenoxy) is 2. The first-order valence-corrected chi connectivity index (χ1v) is 7.82. The second-order valence-electron chi connectivity index (χ2n) is 3.35. The third-order valence-electron chi connectivity index (χ3n) is 1.79. The van der Waals surface area contributed by atoms with E-state index >= 15 is 0 Å². The number of alkyl halides is 3. The van der Waals surface area contributed by atoms with Crippen molar-refractivity contribution in [2.45, 2.75) is 11.7 Å². The summed E-state index contributed by atoms with van der Waals surface area (Å²) in [6.45, 7) is 0.0730. The Morgan fingerprint density at radius 1 is 1.17 bits per heavy atom. The third-order valence-corrected chi connectivity index (χ3v) is 5.60. The summed E-state index contributed by atoms with van der Waals surface area (Å²) in [4.78, 5) is 0. The first-order valence-electron chi connectivity index (χ1n) is 4.52. The standard InChI is InChI=1S/C6H10F3NO6S2/c7-6(8,9)17(11,12)4-18(13,14)10-5-3-15-1-2-16-5/h5,10H,1-4H2. The number of nitrogens with one attached hydrogen (secondary N) is 1. The Balaban J connectivity index is 2.71. The zero-order chi connectivity index (χ0) is 14.0. The molecule has 18 heavy (non-hydrogen) atoms. The second kappa shape index (κ2) is 5.28. The van der Waals surface area contributed by atoms with Crippen LogP contribution in [0.1, 0.15) is 0 Å². The van der Waals surface area contributed by atoms with Gasteiger partial charge in [0.05, 0.1) is 19.8 Å². The maximum Gasteiger partial charge on any atom is 0.498 e. The number of sulfone groups is 1. The van der Waals surface area contributed by atoms with E-state index in [1.807, 2.05) is 0 Å². The van der Waals surface area contributed by atoms with E-state index in [-0.39, 0.29) is 19.8 Å². The van der Waals surface area contributed by atoms with Gasteiger partial charge in [-0.15, -0.1) is 0 Å². The average Bonchev–Trinajstić information content (AvgIpc) is 2.14. The Bertz CT molecular complexity index is 478. The van der Waals surface area contributed by atoms with Crippen molar-refractivity contribution in [3.8, 4) is 0 Å². The van der Waals surface area contributed by atoms with Crippen LogP contribution in [-0.2, 0) is 29.3 Å². The molecule has 1 heterocycles. The van der Waals surface area contributed by atoms with Gasteiger partial charge >= 0.3 is 5.51 Å². The lowest BCUT2D eigenvalue weighted by molar-refractivity contribution is -0.0921. The molecule has 0 amide bonds. The van der Waals surface area contributed by atoms with E-state index in [0.29, 0.717) is 0 Å². The molecule has 0 spiro atoms. The van der Waals surface area contributed by atoms with Crippen molar-refractivity contribution in [3.63, 3.8) is 0 Å². The van der Waals surface area contributed by atoms with Crippen LogP contribution >= 0.6 is 0 Å². The van der Waals surface area contributed by atoms with Crippen LogP contribution in [0.5, 0.6) is 0 Å². The fourth-order valence-corrected chi connectivity index (χ4v) is 4.04. The van der Waals surface area contributed by atoms with Gasteiger partial charge in [0.1, 0.15) is 6.23 Å². The Morgan fingerprint density at radius 2 is 1.78 bits per heavy atom. The van der Waals surface area contributed by atoms with Gasteiger partial charge < -0.3 is 9.47 Å². The average molecular weight is 313 g/mol. The maximum atomic E-state index is 12.0. The smallest absolute Gasteiger partial charge is 0.375 e. The predicted octanol–water partition coefficient (Wildman–Crippen LogP) is -0.829. The van der Waals surface area contributed by atoms with E-state index in [1.165, 1.54) is 0 Å². The first kappa shape index (κ1) is 15.6. The van der Waals surface area contributed by atoms with Gasteiger partial charge in [-0.25, -0.2) is 16.8 Å². The predicted molar refractivity (Wildman–Crippen MR) is 52.5 cm³/mol. The molecule has 0 aliphatic carbocycles. The van der Waals surface area contributed by atoms with Crippen molar-refractivity contribution in [1.82, 2.24) is 4.72 Å². The molecule has 7 nitrogen and oxygen atoms in total. The summed E-state index contributed by atoms with van der Waals surface area (Å²) < 4.78 is 91.2. The van der Waals surface area contributed by atoms with Crippen LogP contribution in [0.25, 0.3) is 0 Å². The Morgan fingerprint density at radius 3 is 2.22 bits per heavy atom. The summed E-state index contributed by atoms with van der Waals surface area (Å²) in [7, 11) is -10.4. The third kappa shape index (κ3) is 4.35. The molecule has 1 rings (SSSR count). The molecule has 1 saturated heterocycles. The fraction of sp³-hybridized carbons (Fsp3) is 1.00. The molecule has 108 valence electrons. The quantitative estimate of drug-likeness (QED) is 0.727. The van der Waals surface area contributed by atoms with Crippen molar-refractivity contribution < 1.29 is 39.5 Å². The molecule has 1 atom stereocenters. The number of halogens is 3. The molecule has 1 fully saturated rings. The lowest BCUT2D eigenvalue weighted by Crippen LogP contribution is -2.46. The molecule has 0 aromatic carbocycles. The van der Waals surface area contributed by atoms with E-state index in [2.05, 4.69) is 0 Å². The second-order valence-corrected chi connectivity index (χ2v) is 7.45. The van der Waals surface area contributed by atoms with Crippen LogP contribution in [0.2, 0.25) is 0 Å². The Hall–Kier alpha value is -0.430. The van der Waals surface area contributed by atoms with Crippen LogP contribution in [0, 0.1) is 0 Å². The van der Waals surface area contributed by atoms with Gasteiger partial charge in [-0.2, -0.15) is 17.9 Å². The molecule has 12 heteroatoms. The Kier molecular flexibility index (Phi) is 4.59. The van der Waals surface area contributed by atoms with Gasteiger partial charge in [0.15, 0.2) is 5.08 Å². The molecule has 1 aliphatic rings. The molecular weight excluding hydrogens is 303 g/mol. The van der Waals surface area contributed by atoms with E-state index in [1.54, 1.807) is 4.72 Å². The van der Waals surface area contributed by atoms with Crippen LogP contribution < -0.4 is 4.72 Å². The summed E-state index contributed by atoms with van der Waals surface area (Å²) in [5, 5.41) is -2.08. The minimum absolute atomic E-state index is 0.0548. The lowest BCUT2D eigenvalue weighted by atomic mass is 10.6. The minimum atomic E-state index is -5.75. The first-order chi connectivity index (χ1) is 8.04. The molecule has 0 bridgehead atoms.